The summed E-state index contributed by atoms with van der Waals surface area (Å²) in [5.41, 5.74) is 2.01. The number of aliphatic hydroxyl groups is 1. The molecule has 1 aromatic rings. The van der Waals surface area contributed by atoms with Crippen molar-refractivity contribution < 1.29 is 9.84 Å². The van der Waals surface area contributed by atoms with Crippen molar-refractivity contribution in [3.8, 4) is 5.75 Å². The molecule has 1 atom stereocenters. The molecule has 0 amide bonds. The minimum absolute atomic E-state index is 0.519. The maximum absolute atomic E-state index is 10.1. The van der Waals surface area contributed by atoms with Crippen LogP contribution in [-0.2, 0) is 0 Å². The van der Waals surface area contributed by atoms with E-state index in [0.29, 0.717) is 6.04 Å². The lowest BCUT2D eigenvalue weighted by Gasteiger charge is -2.32. The van der Waals surface area contributed by atoms with E-state index >= 15 is 0 Å². The topological polar surface area (TPSA) is 32.7 Å². The summed E-state index contributed by atoms with van der Waals surface area (Å²) in [4.78, 5) is 2.34. The standard InChI is InChI=1S/C17H27NO2/c1-13(19)17-15(11-8-12-16(17)20-3)18(2)14-9-6-4-5-7-10-14/h8,11-14,19H,4-7,9-10H2,1-3H3/t13-/m0/s1. The zero-order chi connectivity index (χ0) is 14.5. The quantitative estimate of drug-likeness (QED) is 0.847. The first kappa shape index (κ1) is 15.2. The molecule has 0 unspecified atom stereocenters. The van der Waals surface area contributed by atoms with E-state index in [1.165, 1.54) is 38.5 Å². The summed E-state index contributed by atoms with van der Waals surface area (Å²) in [7, 11) is 3.81. The molecule has 0 aromatic heterocycles. The normalized spacial score (nSPS) is 18.4. The molecule has 1 aromatic carbocycles. The van der Waals surface area contributed by atoms with Gasteiger partial charge in [0, 0.05) is 24.3 Å². The Balaban J connectivity index is 2.30. The summed E-state index contributed by atoms with van der Waals surface area (Å²) in [6, 6.07) is 6.59. The van der Waals surface area contributed by atoms with E-state index < -0.39 is 6.10 Å². The number of ether oxygens (including phenoxy) is 1. The highest BCUT2D eigenvalue weighted by Gasteiger charge is 2.22. The molecule has 0 bridgehead atoms. The molecule has 0 spiro atoms. The van der Waals surface area contributed by atoms with Crippen molar-refractivity contribution in [1.29, 1.82) is 0 Å². The van der Waals surface area contributed by atoms with Gasteiger partial charge in [0.2, 0.25) is 0 Å². The van der Waals surface area contributed by atoms with Crippen LogP contribution in [0.1, 0.15) is 57.1 Å². The van der Waals surface area contributed by atoms with Gasteiger partial charge in [-0.15, -0.1) is 0 Å². The molecule has 0 saturated heterocycles. The van der Waals surface area contributed by atoms with Crippen molar-refractivity contribution in [2.24, 2.45) is 0 Å². The average molecular weight is 277 g/mol. The lowest BCUT2D eigenvalue weighted by molar-refractivity contribution is 0.194. The lowest BCUT2D eigenvalue weighted by atomic mass is 10.0. The van der Waals surface area contributed by atoms with E-state index in [2.05, 4.69) is 18.0 Å². The Bertz CT molecular complexity index is 423. The van der Waals surface area contributed by atoms with E-state index in [0.717, 1.165) is 17.0 Å². The second-order valence-electron chi connectivity index (χ2n) is 5.83. The van der Waals surface area contributed by atoms with Gasteiger partial charge in [-0.3, -0.25) is 0 Å². The molecule has 1 fully saturated rings. The van der Waals surface area contributed by atoms with Crippen molar-refractivity contribution in [3.63, 3.8) is 0 Å². The number of anilines is 1. The molecular formula is C17H27NO2. The maximum atomic E-state index is 10.1. The Morgan fingerprint density at radius 2 is 1.85 bits per heavy atom. The monoisotopic (exact) mass is 277 g/mol. The average Bonchev–Trinajstić information content (AvgIpc) is 2.74. The van der Waals surface area contributed by atoms with Gasteiger partial charge in [0.1, 0.15) is 5.75 Å². The van der Waals surface area contributed by atoms with Crippen molar-refractivity contribution >= 4 is 5.69 Å². The van der Waals surface area contributed by atoms with Crippen molar-refractivity contribution in [3.05, 3.63) is 23.8 Å². The second-order valence-corrected chi connectivity index (χ2v) is 5.83. The summed E-state index contributed by atoms with van der Waals surface area (Å²) in [6.07, 6.45) is 7.29. The van der Waals surface area contributed by atoms with Crippen LogP contribution in [-0.4, -0.2) is 25.3 Å². The van der Waals surface area contributed by atoms with Crippen LogP contribution in [0, 0.1) is 0 Å². The van der Waals surface area contributed by atoms with E-state index in [9.17, 15) is 5.11 Å². The third kappa shape index (κ3) is 3.26. The third-order valence-corrected chi connectivity index (χ3v) is 4.43. The van der Waals surface area contributed by atoms with E-state index in [4.69, 9.17) is 4.74 Å². The molecule has 0 heterocycles. The minimum atomic E-state index is -0.519. The number of hydrogen-bond acceptors (Lipinski definition) is 3. The van der Waals surface area contributed by atoms with Gasteiger partial charge in [-0.2, -0.15) is 0 Å². The van der Waals surface area contributed by atoms with Gasteiger partial charge in [-0.1, -0.05) is 31.7 Å². The predicted octanol–water partition coefficient (Wildman–Crippen LogP) is 3.91. The molecule has 1 aliphatic carbocycles. The van der Waals surface area contributed by atoms with E-state index in [-0.39, 0.29) is 0 Å². The molecule has 0 radical (unpaired) electrons. The summed E-state index contributed by atoms with van der Waals surface area (Å²) in [6.45, 7) is 1.81. The van der Waals surface area contributed by atoms with Crippen LogP contribution in [0.5, 0.6) is 5.75 Å². The molecule has 1 aliphatic rings. The molecular weight excluding hydrogens is 250 g/mol. The highest BCUT2D eigenvalue weighted by molar-refractivity contribution is 5.60. The Hall–Kier alpha value is -1.22. The summed E-state index contributed by atoms with van der Waals surface area (Å²) < 4.78 is 5.42. The number of methoxy groups -OCH3 is 1. The smallest absolute Gasteiger partial charge is 0.126 e. The maximum Gasteiger partial charge on any atom is 0.126 e. The predicted molar refractivity (Wildman–Crippen MR) is 83.5 cm³/mol. The number of rotatable bonds is 4. The number of benzene rings is 1. The first-order valence-corrected chi connectivity index (χ1v) is 7.73. The first-order valence-electron chi connectivity index (χ1n) is 7.73. The van der Waals surface area contributed by atoms with Crippen molar-refractivity contribution in [1.82, 2.24) is 0 Å². The fourth-order valence-corrected chi connectivity index (χ4v) is 3.28. The van der Waals surface area contributed by atoms with Crippen LogP contribution in [0.3, 0.4) is 0 Å². The largest absolute Gasteiger partial charge is 0.496 e. The van der Waals surface area contributed by atoms with Gasteiger partial charge in [-0.25, -0.2) is 0 Å². The molecule has 2 rings (SSSR count). The summed E-state index contributed by atoms with van der Waals surface area (Å²) in [5, 5.41) is 10.1. The lowest BCUT2D eigenvalue weighted by Crippen LogP contribution is -2.32. The molecule has 1 N–H and O–H groups in total. The summed E-state index contributed by atoms with van der Waals surface area (Å²) >= 11 is 0. The van der Waals surface area contributed by atoms with Gasteiger partial charge in [0.15, 0.2) is 0 Å². The van der Waals surface area contributed by atoms with Gasteiger partial charge in [-0.05, 0) is 31.9 Å². The van der Waals surface area contributed by atoms with Crippen LogP contribution < -0.4 is 9.64 Å². The van der Waals surface area contributed by atoms with Crippen LogP contribution in [0.15, 0.2) is 18.2 Å². The Labute approximate surface area is 122 Å². The Morgan fingerprint density at radius 3 is 2.40 bits per heavy atom. The van der Waals surface area contributed by atoms with Gasteiger partial charge in [0.25, 0.3) is 0 Å². The third-order valence-electron chi connectivity index (χ3n) is 4.43. The molecule has 0 aliphatic heterocycles. The van der Waals surface area contributed by atoms with Crippen LogP contribution in [0.25, 0.3) is 0 Å². The zero-order valence-electron chi connectivity index (χ0n) is 12.9. The van der Waals surface area contributed by atoms with Crippen LogP contribution in [0.2, 0.25) is 0 Å². The first-order chi connectivity index (χ1) is 9.65. The van der Waals surface area contributed by atoms with Gasteiger partial charge >= 0.3 is 0 Å². The number of hydrogen-bond donors (Lipinski definition) is 1. The number of nitrogens with zero attached hydrogens (tertiary/aromatic N) is 1. The van der Waals surface area contributed by atoms with Crippen LogP contribution in [0.4, 0.5) is 5.69 Å². The fourth-order valence-electron chi connectivity index (χ4n) is 3.28. The van der Waals surface area contributed by atoms with E-state index in [1.54, 1.807) is 7.11 Å². The molecule has 3 heteroatoms. The highest BCUT2D eigenvalue weighted by Crippen LogP contribution is 2.36. The molecule has 3 nitrogen and oxygen atoms in total. The molecule has 112 valence electrons. The number of aliphatic hydroxyl groups excluding tert-OH is 1. The zero-order valence-corrected chi connectivity index (χ0v) is 12.9. The highest BCUT2D eigenvalue weighted by atomic mass is 16.5. The van der Waals surface area contributed by atoms with E-state index in [1.807, 2.05) is 19.1 Å². The Morgan fingerprint density at radius 1 is 1.20 bits per heavy atom. The van der Waals surface area contributed by atoms with Gasteiger partial charge in [0.05, 0.1) is 13.2 Å². The minimum Gasteiger partial charge on any atom is -0.496 e. The van der Waals surface area contributed by atoms with Crippen LogP contribution >= 0.6 is 0 Å². The van der Waals surface area contributed by atoms with Crippen molar-refractivity contribution in [2.75, 3.05) is 19.1 Å². The second kappa shape index (κ2) is 6.98. The molecule has 20 heavy (non-hydrogen) atoms. The summed E-state index contributed by atoms with van der Waals surface area (Å²) in [5.74, 6) is 0.776. The SMILES string of the molecule is COc1cccc(N(C)C2CCCCCC2)c1[C@H](C)O. The molecule has 1 saturated carbocycles. The van der Waals surface area contributed by atoms with Gasteiger partial charge < -0.3 is 14.7 Å². The van der Waals surface area contributed by atoms with Crippen molar-refractivity contribution in [2.45, 2.75) is 57.6 Å². The fraction of sp³-hybridized carbons (Fsp3) is 0.647. The Kier molecular flexibility index (Phi) is 5.30.